The number of nitrogen functional groups attached to an aromatic ring is 1. The van der Waals surface area contributed by atoms with E-state index in [0.29, 0.717) is 17.4 Å². The van der Waals surface area contributed by atoms with E-state index in [1.54, 1.807) is 6.20 Å². The Labute approximate surface area is 120 Å². The van der Waals surface area contributed by atoms with Gasteiger partial charge in [-0.15, -0.1) is 0 Å². The predicted molar refractivity (Wildman–Crippen MR) is 75.7 cm³/mol. The van der Waals surface area contributed by atoms with Crippen molar-refractivity contribution in [3.63, 3.8) is 0 Å². The number of nitrogens with two attached hydrogens (primary N) is 1. The van der Waals surface area contributed by atoms with E-state index < -0.39 is 5.97 Å². The van der Waals surface area contributed by atoms with Gasteiger partial charge >= 0.3 is 5.97 Å². The number of aliphatic carboxylic acids is 1. The first-order chi connectivity index (χ1) is 9.58. The van der Waals surface area contributed by atoms with Crippen molar-refractivity contribution in [1.29, 1.82) is 0 Å². The van der Waals surface area contributed by atoms with Crippen LogP contribution in [-0.2, 0) is 17.6 Å². The smallest absolute Gasteiger partial charge is 0.313 e. The van der Waals surface area contributed by atoms with Crippen molar-refractivity contribution in [3.05, 3.63) is 35.4 Å². The van der Waals surface area contributed by atoms with Crippen LogP contribution in [0.3, 0.4) is 0 Å². The highest BCUT2D eigenvalue weighted by Gasteiger charge is 2.09. The third-order valence-corrected chi connectivity index (χ3v) is 3.48. The van der Waals surface area contributed by atoms with Gasteiger partial charge in [0.1, 0.15) is 17.3 Å². The van der Waals surface area contributed by atoms with Crippen LogP contribution in [-0.4, -0.2) is 26.8 Å². The summed E-state index contributed by atoms with van der Waals surface area (Å²) < 4.78 is 5.61. The summed E-state index contributed by atoms with van der Waals surface area (Å²) >= 11 is 1.04. The molecule has 0 unspecified atom stereocenters. The molecule has 2 heterocycles. The number of nitrogens with zero attached hydrogens (tertiary/aromatic N) is 2. The summed E-state index contributed by atoms with van der Waals surface area (Å²) in [7, 11) is 0. The van der Waals surface area contributed by atoms with Gasteiger partial charge in [0.05, 0.1) is 5.75 Å². The third-order valence-electron chi connectivity index (χ3n) is 2.63. The normalized spacial score (nSPS) is 10.7. The lowest BCUT2D eigenvalue weighted by Gasteiger charge is -2.04. The number of aromatic nitrogens is 2. The maximum atomic E-state index is 10.5. The van der Waals surface area contributed by atoms with Crippen LogP contribution >= 0.6 is 11.8 Å². The number of hydrogen-bond donors (Lipinski definition) is 2. The molecular weight excluding hydrogens is 278 g/mol. The van der Waals surface area contributed by atoms with E-state index in [1.165, 1.54) is 0 Å². The quantitative estimate of drug-likeness (QED) is 0.620. The summed E-state index contributed by atoms with van der Waals surface area (Å²) in [4.78, 5) is 18.7. The molecule has 0 atom stereocenters. The second kappa shape index (κ2) is 6.42. The van der Waals surface area contributed by atoms with E-state index in [4.69, 9.17) is 15.3 Å². The lowest BCUT2D eigenvalue weighted by Crippen LogP contribution is -2.03. The van der Waals surface area contributed by atoms with Gasteiger partial charge in [0.15, 0.2) is 5.16 Å². The first kappa shape index (κ1) is 14.4. The van der Waals surface area contributed by atoms with Crippen LogP contribution < -0.4 is 5.73 Å². The number of rotatable bonds is 6. The lowest BCUT2D eigenvalue weighted by molar-refractivity contribution is -0.133. The van der Waals surface area contributed by atoms with Crippen LogP contribution in [0.2, 0.25) is 0 Å². The Bertz CT molecular complexity index is 613. The molecule has 0 saturated heterocycles. The first-order valence-corrected chi connectivity index (χ1v) is 7.10. The van der Waals surface area contributed by atoms with Gasteiger partial charge < -0.3 is 15.3 Å². The average Bonchev–Trinajstić information content (AvgIpc) is 2.87. The molecule has 3 N–H and O–H groups in total. The molecule has 2 rings (SSSR count). The number of thioether (sulfide) groups is 1. The number of furan rings is 1. The van der Waals surface area contributed by atoms with Crippen LogP contribution in [0.15, 0.2) is 27.9 Å². The Hall–Kier alpha value is -2.02. The molecule has 0 aliphatic heterocycles. The topological polar surface area (TPSA) is 102 Å². The van der Waals surface area contributed by atoms with Crippen molar-refractivity contribution < 1.29 is 14.3 Å². The van der Waals surface area contributed by atoms with Gasteiger partial charge in [-0.1, -0.05) is 18.7 Å². The summed E-state index contributed by atoms with van der Waals surface area (Å²) in [5.74, 6) is 1.08. The number of aryl methyl sites for hydroxylation is 1. The van der Waals surface area contributed by atoms with Crippen LogP contribution in [0, 0.1) is 0 Å². The molecule has 7 heteroatoms. The molecule has 0 aliphatic rings. The Morgan fingerprint density at radius 1 is 1.45 bits per heavy atom. The summed E-state index contributed by atoms with van der Waals surface area (Å²) in [5, 5.41) is 8.96. The van der Waals surface area contributed by atoms with Crippen molar-refractivity contribution >= 4 is 23.5 Å². The summed E-state index contributed by atoms with van der Waals surface area (Å²) in [6.07, 6.45) is 2.98. The number of carboxylic acid groups (broad SMARTS) is 1. The molecule has 0 radical (unpaired) electrons. The zero-order valence-corrected chi connectivity index (χ0v) is 11.8. The number of anilines is 1. The molecule has 0 aromatic carbocycles. The molecule has 106 valence electrons. The van der Waals surface area contributed by atoms with Gasteiger partial charge in [-0.05, 0) is 12.1 Å². The zero-order chi connectivity index (χ0) is 14.5. The molecule has 0 bridgehead atoms. The first-order valence-electron chi connectivity index (χ1n) is 6.12. The third kappa shape index (κ3) is 3.74. The van der Waals surface area contributed by atoms with E-state index in [2.05, 4.69) is 9.97 Å². The summed E-state index contributed by atoms with van der Waals surface area (Å²) in [6, 6.07) is 3.84. The molecule has 0 amide bonds. The van der Waals surface area contributed by atoms with Crippen molar-refractivity contribution in [2.75, 3.05) is 11.5 Å². The number of carboxylic acids is 1. The highest BCUT2D eigenvalue weighted by Crippen LogP contribution is 2.20. The Morgan fingerprint density at radius 2 is 2.20 bits per heavy atom. The average molecular weight is 293 g/mol. The molecule has 0 saturated carbocycles. The van der Waals surface area contributed by atoms with Crippen LogP contribution in [0.1, 0.15) is 24.0 Å². The fraction of sp³-hybridized carbons (Fsp3) is 0.308. The molecular formula is C13H15N3O3S. The molecule has 2 aromatic heterocycles. The second-order valence-corrected chi connectivity index (χ2v) is 5.09. The highest BCUT2D eigenvalue weighted by molar-refractivity contribution is 7.99. The fourth-order valence-electron chi connectivity index (χ4n) is 1.63. The van der Waals surface area contributed by atoms with Crippen LogP contribution in [0.4, 0.5) is 5.82 Å². The van der Waals surface area contributed by atoms with E-state index in [-0.39, 0.29) is 5.75 Å². The second-order valence-electron chi connectivity index (χ2n) is 4.14. The Morgan fingerprint density at radius 3 is 2.80 bits per heavy atom. The van der Waals surface area contributed by atoms with Gasteiger partial charge in [-0.25, -0.2) is 9.97 Å². The molecule has 20 heavy (non-hydrogen) atoms. The molecule has 2 aromatic rings. The van der Waals surface area contributed by atoms with Gasteiger partial charge in [-0.3, -0.25) is 4.79 Å². The van der Waals surface area contributed by atoms with Gasteiger partial charge in [0, 0.05) is 24.6 Å². The minimum absolute atomic E-state index is 0.0865. The minimum Gasteiger partial charge on any atom is -0.481 e. The maximum absolute atomic E-state index is 10.5. The number of carbonyl (C=O) groups is 1. The number of hydrogen-bond acceptors (Lipinski definition) is 6. The van der Waals surface area contributed by atoms with Crippen molar-refractivity contribution in [3.8, 4) is 0 Å². The van der Waals surface area contributed by atoms with Crippen molar-refractivity contribution in [1.82, 2.24) is 9.97 Å². The van der Waals surface area contributed by atoms with Gasteiger partial charge in [0.2, 0.25) is 0 Å². The lowest BCUT2D eigenvalue weighted by atomic mass is 10.2. The van der Waals surface area contributed by atoms with Gasteiger partial charge in [-0.2, -0.15) is 0 Å². The van der Waals surface area contributed by atoms with Gasteiger partial charge in [0.25, 0.3) is 0 Å². The van der Waals surface area contributed by atoms with E-state index in [1.807, 2.05) is 19.1 Å². The largest absolute Gasteiger partial charge is 0.481 e. The minimum atomic E-state index is -0.913. The Kier molecular flexibility index (Phi) is 4.62. The maximum Gasteiger partial charge on any atom is 0.313 e. The molecule has 0 spiro atoms. The predicted octanol–water partition coefficient (Wildman–Crippen LogP) is 1.98. The summed E-state index contributed by atoms with van der Waals surface area (Å²) in [6.45, 7) is 2.02. The SMILES string of the molecule is CCc1ccc(Cc2cnc(SCC(=O)O)nc2N)o1. The van der Waals surface area contributed by atoms with Crippen LogP contribution in [0.5, 0.6) is 0 Å². The van der Waals surface area contributed by atoms with Crippen molar-refractivity contribution in [2.45, 2.75) is 24.9 Å². The van der Waals surface area contributed by atoms with E-state index in [0.717, 1.165) is 35.3 Å². The van der Waals surface area contributed by atoms with E-state index in [9.17, 15) is 4.79 Å². The van der Waals surface area contributed by atoms with Crippen molar-refractivity contribution in [2.24, 2.45) is 0 Å². The van der Waals surface area contributed by atoms with Crippen LogP contribution in [0.25, 0.3) is 0 Å². The summed E-state index contributed by atoms with van der Waals surface area (Å²) in [5.41, 5.74) is 6.63. The van der Waals surface area contributed by atoms with E-state index >= 15 is 0 Å². The highest BCUT2D eigenvalue weighted by atomic mass is 32.2. The standard InChI is InChI=1S/C13H15N3O3S/c1-2-9-3-4-10(19-9)5-8-6-15-13(16-12(8)14)20-7-11(17)18/h3-4,6H,2,5,7H2,1H3,(H,17,18)(H2,14,15,16). The Balaban J connectivity index is 2.07. The molecule has 0 aliphatic carbocycles. The molecule has 0 fully saturated rings. The molecule has 6 nitrogen and oxygen atoms in total. The zero-order valence-electron chi connectivity index (χ0n) is 11.0. The fourth-order valence-corrected chi connectivity index (χ4v) is 2.17. The monoisotopic (exact) mass is 293 g/mol.